The maximum atomic E-state index is 14.8. The van der Waals surface area contributed by atoms with E-state index in [1.807, 2.05) is 84.9 Å². The minimum atomic E-state index is -0.320. The lowest BCUT2D eigenvalue weighted by Crippen LogP contribution is -2.20. The van der Waals surface area contributed by atoms with Crippen LogP contribution in [0.4, 0.5) is 4.39 Å². The Hall–Kier alpha value is -5.54. The van der Waals surface area contributed by atoms with Gasteiger partial charge in [-0.1, -0.05) is 127 Å². The average Bonchev–Trinajstić information content (AvgIpc) is 3.05. The van der Waals surface area contributed by atoms with E-state index < -0.39 is 0 Å². The van der Waals surface area contributed by atoms with Gasteiger partial charge in [0.05, 0.1) is 11.4 Å². The normalized spacial score (nSPS) is 13.6. The summed E-state index contributed by atoms with van der Waals surface area (Å²) in [5, 5.41) is 15.5. The van der Waals surface area contributed by atoms with Crippen molar-refractivity contribution in [3.8, 4) is 11.1 Å². The quantitative estimate of drug-likeness (QED) is 0.209. The third kappa shape index (κ3) is 4.71. The van der Waals surface area contributed by atoms with E-state index in [2.05, 4.69) is 59.9 Å². The molecule has 2 nitrogen and oxygen atoms in total. The molecule has 0 aromatic heterocycles. The molecule has 0 bridgehead atoms. The van der Waals surface area contributed by atoms with Crippen LogP contribution in [0.25, 0.3) is 44.9 Å². The molecule has 1 aliphatic rings. The molecule has 0 atom stereocenters. The smallest absolute Gasteiger partial charge is 0.123 e. The van der Waals surface area contributed by atoms with E-state index in [1.165, 1.54) is 16.8 Å². The van der Waals surface area contributed by atoms with Crippen molar-refractivity contribution in [3.63, 3.8) is 0 Å². The summed E-state index contributed by atoms with van der Waals surface area (Å²) in [5.41, 5.74) is 9.13. The number of hydrogen-bond donors (Lipinski definition) is 2. The molecule has 0 aliphatic carbocycles. The Morgan fingerprint density at radius 1 is 0.571 bits per heavy atom. The number of rotatable bonds is 5. The Balaban J connectivity index is 1.49. The van der Waals surface area contributed by atoms with Gasteiger partial charge < -0.3 is 5.32 Å². The van der Waals surface area contributed by atoms with Crippen LogP contribution in [0.5, 0.6) is 0 Å². The van der Waals surface area contributed by atoms with Crippen molar-refractivity contribution in [2.75, 3.05) is 0 Å². The fourth-order valence-corrected chi connectivity index (χ4v) is 5.72. The molecule has 0 amide bonds. The molecule has 6 aromatic carbocycles. The van der Waals surface area contributed by atoms with Gasteiger partial charge >= 0.3 is 0 Å². The highest BCUT2D eigenvalue weighted by atomic mass is 19.1. The molecule has 1 heterocycles. The molecule has 7 rings (SSSR count). The van der Waals surface area contributed by atoms with Crippen molar-refractivity contribution in [2.24, 2.45) is 0 Å². The highest BCUT2D eigenvalue weighted by Gasteiger charge is 2.24. The Labute approximate surface area is 244 Å². The maximum absolute atomic E-state index is 14.8. The van der Waals surface area contributed by atoms with Crippen LogP contribution in [-0.4, -0.2) is 5.71 Å². The third-order valence-corrected chi connectivity index (χ3v) is 7.74. The number of hydrogen-bond acceptors (Lipinski definition) is 2. The van der Waals surface area contributed by atoms with Crippen LogP contribution < -0.4 is 5.32 Å². The first-order chi connectivity index (χ1) is 20.7. The lowest BCUT2D eigenvalue weighted by Gasteiger charge is -2.26. The fourth-order valence-electron chi connectivity index (χ4n) is 5.72. The van der Waals surface area contributed by atoms with Gasteiger partial charge in [0.1, 0.15) is 5.82 Å². The number of halogens is 1. The fraction of sp³-hybridized carbons (Fsp3) is 0. The zero-order valence-corrected chi connectivity index (χ0v) is 22.8. The van der Waals surface area contributed by atoms with Crippen molar-refractivity contribution in [3.05, 3.63) is 179 Å². The standard InChI is InChI=1S/C39H27FN2/c40-32-22-21-30-24-36(27-12-3-1-4-13-27)42-39(35(30)25-32)37(38(41)28-14-5-2-6-15-28)31-18-9-17-29(23-31)34-20-10-16-26-11-7-8-19-33(26)34/h1-25,41-42H/b39-37-,41-38?. The molecule has 0 unspecified atom stereocenters. The number of fused-ring (bicyclic) bond motifs is 2. The van der Waals surface area contributed by atoms with Gasteiger partial charge in [0.15, 0.2) is 0 Å². The molecule has 2 N–H and O–H groups in total. The highest BCUT2D eigenvalue weighted by Crippen LogP contribution is 2.38. The summed E-state index contributed by atoms with van der Waals surface area (Å²) in [7, 11) is 0. The molecule has 0 fully saturated rings. The van der Waals surface area contributed by atoms with Crippen molar-refractivity contribution in [2.45, 2.75) is 0 Å². The van der Waals surface area contributed by atoms with Crippen LogP contribution >= 0.6 is 0 Å². The predicted octanol–water partition coefficient (Wildman–Crippen LogP) is 9.68. The molecule has 0 spiro atoms. The van der Waals surface area contributed by atoms with E-state index in [0.29, 0.717) is 17.0 Å². The predicted molar refractivity (Wildman–Crippen MR) is 173 cm³/mol. The van der Waals surface area contributed by atoms with E-state index >= 15 is 0 Å². The van der Waals surface area contributed by atoms with Gasteiger partial charge in [0, 0.05) is 22.4 Å². The van der Waals surface area contributed by atoms with E-state index in [-0.39, 0.29) is 5.82 Å². The second kappa shape index (κ2) is 10.8. The highest BCUT2D eigenvalue weighted by molar-refractivity contribution is 6.36. The second-order valence-electron chi connectivity index (χ2n) is 10.4. The molecule has 1 aliphatic heterocycles. The van der Waals surface area contributed by atoms with E-state index in [9.17, 15) is 9.80 Å². The number of nitrogens with one attached hydrogen (secondary N) is 2. The lowest BCUT2D eigenvalue weighted by molar-refractivity contribution is 0.627. The Morgan fingerprint density at radius 2 is 1.24 bits per heavy atom. The van der Waals surface area contributed by atoms with Crippen molar-refractivity contribution in [1.82, 2.24) is 5.32 Å². The van der Waals surface area contributed by atoms with Crippen molar-refractivity contribution < 1.29 is 4.39 Å². The van der Waals surface area contributed by atoms with E-state index in [0.717, 1.165) is 44.6 Å². The molecule has 200 valence electrons. The number of allylic oxidation sites excluding steroid dienone is 1. The summed E-state index contributed by atoms with van der Waals surface area (Å²) >= 11 is 0. The minimum Gasteiger partial charge on any atom is -0.354 e. The molecule has 3 heteroatoms. The first-order valence-corrected chi connectivity index (χ1v) is 14.0. The molecule has 6 aromatic rings. The monoisotopic (exact) mass is 542 g/mol. The Bertz CT molecular complexity index is 2020. The van der Waals surface area contributed by atoms with Gasteiger partial charge in [-0.3, -0.25) is 5.41 Å². The van der Waals surface area contributed by atoms with Gasteiger partial charge in [-0.2, -0.15) is 0 Å². The minimum absolute atomic E-state index is 0.320. The Kier molecular flexibility index (Phi) is 6.54. The lowest BCUT2D eigenvalue weighted by atomic mass is 9.86. The van der Waals surface area contributed by atoms with Crippen LogP contribution in [0.2, 0.25) is 0 Å². The summed E-state index contributed by atoms with van der Waals surface area (Å²) < 4.78 is 14.8. The summed E-state index contributed by atoms with van der Waals surface area (Å²) in [4.78, 5) is 0. The summed E-state index contributed by atoms with van der Waals surface area (Å²) in [6.07, 6.45) is 2.05. The van der Waals surface area contributed by atoms with Gasteiger partial charge in [-0.25, -0.2) is 4.39 Å². The van der Waals surface area contributed by atoms with Crippen molar-refractivity contribution >= 4 is 39.5 Å². The van der Waals surface area contributed by atoms with Crippen LogP contribution in [0, 0.1) is 11.2 Å². The Morgan fingerprint density at radius 3 is 2.07 bits per heavy atom. The average molecular weight is 543 g/mol. The molecule has 0 saturated carbocycles. The van der Waals surface area contributed by atoms with E-state index in [4.69, 9.17) is 0 Å². The zero-order chi connectivity index (χ0) is 28.5. The zero-order valence-electron chi connectivity index (χ0n) is 22.8. The second-order valence-corrected chi connectivity index (χ2v) is 10.4. The van der Waals surface area contributed by atoms with Gasteiger partial charge in [-0.05, 0) is 62.9 Å². The van der Waals surface area contributed by atoms with Crippen LogP contribution in [0.1, 0.15) is 27.8 Å². The largest absolute Gasteiger partial charge is 0.354 e. The first-order valence-electron chi connectivity index (χ1n) is 14.0. The summed E-state index contributed by atoms with van der Waals surface area (Å²) in [6, 6.07) is 47.7. The van der Waals surface area contributed by atoms with Crippen LogP contribution in [-0.2, 0) is 0 Å². The summed E-state index contributed by atoms with van der Waals surface area (Å²) in [6.45, 7) is 0. The van der Waals surface area contributed by atoms with Gasteiger partial charge in [0.2, 0.25) is 0 Å². The molecular formula is C39H27FN2. The molecular weight excluding hydrogens is 515 g/mol. The van der Waals surface area contributed by atoms with Gasteiger partial charge in [0.25, 0.3) is 0 Å². The summed E-state index contributed by atoms with van der Waals surface area (Å²) in [5.74, 6) is -0.320. The third-order valence-electron chi connectivity index (χ3n) is 7.74. The first kappa shape index (κ1) is 25.4. The van der Waals surface area contributed by atoms with E-state index in [1.54, 1.807) is 6.07 Å². The molecule has 42 heavy (non-hydrogen) atoms. The van der Waals surface area contributed by atoms with Crippen LogP contribution in [0.15, 0.2) is 146 Å². The van der Waals surface area contributed by atoms with Gasteiger partial charge in [-0.15, -0.1) is 0 Å². The SMILES string of the molecule is N=C(/C(=C1\NC(c2ccccc2)=Cc2ccc(F)cc21)c1cccc(-c2cccc3ccccc23)c1)c1ccccc1. The topological polar surface area (TPSA) is 35.9 Å². The molecule has 0 radical (unpaired) electrons. The molecule has 0 saturated heterocycles. The van der Waals surface area contributed by atoms with Crippen molar-refractivity contribution in [1.29, 1.82) is 5.41 Å². The van der Waals surface area contributed by atoms with Crippen LogP contribution in [0.3, 0.4) is 0 Å². The maximum Gasteiger partial charge on any atom is 0.123 e. The number of benzene rings is 6.